The highest BCUT2D eigenvalue weighted by atomic mass is 35.5. The summed E-state index contributed by atoms with van der Waals surface area (Å²) in [5.41, 5.74) is 4.73. The number of hydrogen-bond acceptors (Lipinski definition) is 3. The molecule has 1 aromatic heterocycles. The van der Waals surface area contributed by atoms with E-state index in [1.165, 1.54) is 0 Å². The lowest BCUT2D eigenvalue weighted by molar-refractivity contribution is 0.804. The summed E-state index contributed by atoms with van der Waals surface area (Å²) in [5, 5.41) is 11.2. The third-order valence-corrected chi connectivity index (χ3v) is 4.51. The predicted octanol–water partition coefficient (Wildman–Crippen LogP) is 5.54. The number of nitriles is 1. The van der Waals surface area contributed by atoms with Crippen LogP contribution in [-0.2, 0) is 6.54 Å². The molecule has 0 unspecified atom stereocenters. The molecule has 23 heavy (non-hydrogen) atoms. The largest absolute Gasteiger partial charge is 0.340 e. The molecule has 0 aliphatic heterocycles. The lowest BCUT2D eigenvalue weighted by Gasteiger charge is -2.10. The lowest BCUT2D eigenvalue weighted by Crippen LogP contribution is -1.97. The molecule has 116 valence electrons. The van der Waals surface area contributed by atoms with Gasteiger partial charge in [0, 0.05) is 34.4 Å². The summed E-state index contributed by atoms with van der Waals surface area (Å²) in [5.74, 6) is 0. The average molecular weight is 342 g/mol. The van der Waals surface area contributed by atoms with Gasteiger partial charge in [0.25, 0.3) is 0 Å². The summed E-state index contributed by atoms with van der Waals surface area (Å²) in [6.07, 6.45) is 1.99. The van der Waals surface area contributed by atoms with E-state index in [9.17, 15) is 5.26 Å². The molecule has 0 saturated carbocycles. The fourth-order valence-electron chi connectivity index (χ4n) is 2.88. The Morgan fingerprint density at radius 2 is 1.96 bits per heavy atom. The maximum Gasteiger partial charge on any atom is 0.102 e. The van der Waals surface area contributed by atoms with E-state index < -0.39 is 0 Å². The van der Waals surface area contributed by atoms with Crippen LogP contribution >= 0.6 is 23.5 Å². The zero-order valence-corrected chi connectivity index (χ0v) is 14.5. The van der Waals surface area contributed by atoms with Crippen molar-refractivity contribution in [2.24, 2.45) is 0 Å². The summed E-state index contributed by atoms with van der Waals surface area (Å²) >= 11 is 7.68. The van der Waals surface area contributed by atoms with Gasteiger partial charge in [-0.2, -0.15) is 5.26 Å². The number of aryl methyl sites for hydroxylation is 1. The number of anilines is 1. The molecule has 1 N–H and O–H groups in total. The highest BCUT2D eigenvalue weighted by Crippen LogP contribution is 2.35. The molecule has 2 aromatic carbocycles. The molecule has 5 heteroatoms. The van der Waals surface area contributed by atoms with Gasteiger partial charge < -0.3 is 9.29 Å². The van der Waals surface area contributed by atoms with Crippen molar-refractivity contribution < 1.29 is 0 Å². The van der Waals surface area contributed by atoms with Crippen LogP contribution in [0, 0.1) is 11.3 Å². The summed E-state index contributed by atoms with van der Waals surface area (Å²) in [6, 6.07) is 16.2. The molecule has 0 radical (unpaired) electrons. The first-order chi connectivity index (χ1) is 11.2. The van der Waals surface area contributed by atoms with Crippen molar-refractivity contribution in [3.63, 3.8) is 0 Å². The highest BCUT2D eigenvalue weighted by molar-refractivity contribution is 7.99. The van der Waals surface area contributed by atoms with Crippen LogP contribution in [0.4, 0.5) is 5.69 Å². The number of benzene rings is 2. The van der Waals surface area contributed by atoms with Crippen LogP contribution in [0.25, 0.3) is 22.2 Å². The molecule has 1 heterocycles. The SMILES string of the molecule is CCn1c(-c2ccc(NSC)cc2)c(C#N)c2cc(Cl)ccc21. The van der Waals surface area contributed by atoms with E-state index in [0.717, 1.165) is 34.4 Å². The van der Waals surface area contributed by atoms with Crippen LogP contribution in [-0.4, -0.2) is 10.8 Å². The minimum absolute atomic E-state index is 0.647. The monoisotopic (exact) mass is 341 g/mol. The molecular formula is C18H16ClN3S. The molecule has 3 rings (SSSR count). The predicted molar refractivity (Wildman–Crippen MR) is 99.9 cm³/mol. The van der Waals surface area contributed by atoms with Gasteiger partial charge in [-0.05, 0) is 42.8 Å². The average Bonchev–Trinajstić information content (AvgIpc) is 2.88. The second kappa shape index (κ2) is 6.57. The van der Waals surface area contributed by atoms with E-state index >= 15 is 0 Å². The van der Waals surface area contributed by atoms with Crippen LogP contribution < -0.4 is 4.72 Å². The third kappa shape index (κ3) is 2.78. The number of fused-ring (bicyclic) bond motifs is 1. The smallest absolute Gasteiger partial charge is 0.102 e. The molecule has 0 amide bonds. The molecule has 0 aliphatic carbocycles. The molecular weight excluding hydrogens is 326 g/mol. The van der Waals surface area contributed by atoms with E-state index in [0.29, 0.717) is 10.6 Å². The van der Waals surface area contributed by atoms with Crippen LogP contribution in [0.3, 0.4) is 0 Å². The molecule has 3 nitrogen and oxygen atoms in total. The number of aromatic nitrogens is 1. The van der Waals surface area contributed by atoms with E-state index in [1.807, 2.05) is 48.7 Å². The number of halogens is 1. The fourth-order valence-corrected chi connectivity index (χ4v) is 3.43. The van der Waals surface area contributed by atoms with Crippen molar-refractivity contribution in [1.29, 1.82) is 5.26 Å². The Bertz CT molecular complexity index is 891. The topological polar surface area (TPSA) is 40.8 Å². The van der Waals surface area contributed by atoms with Crippen molar-refractivity contribution in [1.82, 2.24) is 4.57 Å². The number of rotatable bonds is 4. The Labute approximate surface area is 145 Å². The fraction of sp³-hybridized carbons (Fsp3) is 0.167. The third-order valence-electron chi connectivity index (χ3n) is 3.83. The van der Waals surface area contributed by atoms with Crippen LogP contribution in [0.2, 0.25) is 5.02 Å². The number of hydrogen-bond donors (Lipinski definition) is 1. The first-order valence-corrected chi connectivity index (χ1v) is 8.91. The quantitative estimate of drug-likeness (QED) is 0.633. The zero-order valence-electron chi connectivity index (χ0n) is 12.9. The molecule has 0 fully saturated rings. The van der Waals surface area contributed by atoms with Crippen molar-refractivity contribution in [3.8, 4) is 17.3 Å². The van der Waals surface area contributed by atoms with Crippen LogP contribution in [0.1, 0.15) is 12.5 Å². The minimum atomic E-state index is 0.647. The Hall–Kier alpha value is -2.09. The maximum absolute atomic E-state index is 9.69. The number of nitrogens with one attached hydrogen (secondary N) is 1. The van der Waals surface area contributed by atoms with Crippen LogP contribution in [0.5, 0.6) is 0 Å². The molecule has 0 saturated heterocycles. The summed E-state index contributed by atoms with van der Waals surface area (Å²) in [4.78, 5) is 0. The van der Waals surface area contributed by atoms with E-state index in [1.54, 1.807) is 11.9 Å². The second-order valence-corrected chi connectivity index (χ2v) is 6.17. The molecule has 0 aliphatic rings. The van der Waals surface area contributed by atoms with Gasteiger partial charge in [0.05, 0.1) is 11.3 Å². The number of nitrogens with zero attached hydrogens (tertiary/aromatic N) is 2. The molecule has 0 bridgehead atoms. The van der Waals surface area contributed by atoms with Gasteiger partial charge in [-0.15, -0.1) is 0 Å². The Balaban J connectivity index is 2.25. The first-order valence-electron chi connectivity index (χ1n) is 7.30. The minimum Gasteiger partial charge on any atom is -0.340 e. The summed E-state index contributed by atoms with van der Waals surface area (Å²) in [7, 11) is 0. The van der Waals surface area contributed by atoms with E-state index in [2.05, 4.69) is 22.3 Å². The van der Waals surface area contributed by atoms with Gasteiger partial charge in [0.1, 0.15) is 6.07 Å². The van der Waals surface area contributed by atoms with Crippen LogP contribution in [0.15, 0.2) is 42.5 Å². The molecule has 0 spiro atoms. The normalized spacial score (nSPS) is 10.7. The van der Waals surface area contributed by atoms with Crippen molar-refractivity contribution in [2.45, 2.75) is 13.5 Å². The standard InChI is InChI=1S/C18H16ClN3S/c1-3-22-17-9-6-13(19)10-15(17)16(11-20)18(22)12-4-7-14(8-5-12)21-23-2/h4-10,21H,3H2,1-2H3. The molecule has 0 atom stereocenters. The van der Waals surface area contributed by atoms with E-state index in [-0.39, 0.29) is 0 Å². The van der Waals surface area contributed by atoms with Gasteiger partial charge in [-0.3, -0.25) is 0 Å². The van der Waals surface area contributed by atoms with Gasteiger partial charge in [-0.25, -0.2) is 0 Å². The Kier molecular flexibility index (Phi) is 4.51. The maximum atomic E-state index is 9.69. The Morgan fingerprint density at radius 1 is 1.22 bits per heavy atom. The summed E-state index contributed by atoms with van der Waals surface area (Å²) < 4.78 is 5.37. The summed E-state index contributed by atoms with van der Waals surface area (Å²) in [6.45, 7) is 2.88. The van der Waals surface area contributed by atoms with Crippen molar-refractivity contribution >= 4 is 40.1 Å². The van der Waals surface area contributed by atoms with Gasteiger partial charge in [-0.1, -0.05) is 35.7 Å². The molecule has 3 aromatic rings. The van der Waals surface area contributed by atoms with E-state index in [4.69, 9.17) is 11.6 Å². The van der Waals surface area contributed by atoms with Gasteiger partial charge >= 0.3 is 0 Å². The zero-order chi connectivity index (χ0) is 16.4. The Morgan fingerprint density at radius 3 is 2.57 bits per heavy atom. The van der Waals surface area contributed by atoms with Gasteiger partial charge in [0.2, 0.25) is 0 Å². The highest BCUT2D eigenvalue weighted by Gasteiger charge is 2.18. The first kappa shape index (κ1) is 15.8. The second-order valence-electron chi connectivity index (χ2n) is 5.12. The van der Waals surface area contributed by atoms with Gasteiger partial charge in [0.15, 0.2) is 0 Å². The van der Waals surface area contributed by atoms with Crippen molar-refractivity contribution in [2.75, 3.05) is 11.0 Å². The lowest BCUT2D eigenvalue weighted by atomic mass is 10.1. The van der Waals surface area contributed by atoms with Crippen molar-refractivity contribution in [3.05, 3.63) is 53.1 Å².